The second kappa shape index (κ2) is 7.38. The van der Waals surface area contributed by atoms with Crippen molar-refractivity contribution in [3.8, 4) is 0 Å². The van der Waals surface area contributed by atoms with Crippen LogP contribution in [0, 0.1) is 0 Å². The van der Waals surface area contributed by atoms with Crippen LogP contribution in [0.5, 0.6) is 0 Å². The van der Waals surface area contributed by atoms with E-state index in [1.54, 1.807) is 0 Å². The lowest BCUT2D eigenvalue weighted by atomic mass is 10.2. The minimum absolute atomic E-state index is 0.521. The van der Waals surface area contributed by atoms with Gasteiger partial charge in [0.25, 0.3) is 0 Å². The van der Waals surface area contributed by atoms with Gasteiger partial charge >= 0.3 is 0 Å². The van der Waals surface area contributed by atoms with E-state index in [1.807, 2.05) is 18.8 Å². The van der Waals surface area contributed by atoms with Gasteiger partial charge in [-0.25, -0.2) is 0 Å². The Balaban J connectivity index is 3.09. The third-order valence-corrected chi connectivity index (χ3v) is 2.29. The Labute approximate surface area is 67.9 Å². The number of nitrogens with one attached hydrogen (secondary N) is 1. The molecule has 62 valence electrons. The fraction of sp³-hybridized carbons (Fsp3) is 1.00. The smallest absolute Gasteiger partial charge is 0.0187 e. The van der Waals surface area contributed by atoms with Crippen LogP contribution in [-0.4, -0.2) is 31.6 Å². The molecular formula is C7H18N2S. The molecule has 0 radical (unpaired) electrons. The lowest BCUT2D eigenvalue weighted by molar-refractivity contribution is 0.527. The van der Waals surface area contributed by atoms with Crippen LogP contribution in [0.2, 0.25) is 0 Å². The zero-order chi connectivity index (χ0) is 7.82. The summed E-state index contributed by atoms with van der Waals surface area (Å²) in [5.41, 5.74) is 5.50. The summed E-state index contributed by atoms with van der Waals surface area (Å²) in [6.45, 7) is 0.755. The maximum Gasteiger partial charge on any atom is 0.0187 e. The fourth-order valence-electron chi connectivity index (χ4n) is 0.854. The van der Waals surface area contributed by atoms with Crippen LogP contribution in [0.3, 0.4) is 0 Å². The molecule has 0 heterocycles. The van der Waals surface area contributed by atoms with Crippen LogP contribution in [0.15, 0.2) is 0 Å². The first-order valence-corrected chi connectivity index (χ1v) is 5.10. The Hall–Kier alpha value is 0.270. The van der Waals surface area contributed by atoms with Gasteiger partial charge in [0.2, 0.25) is 0 Å². The summed E-state index contributed by atoms with van der Waals surface area (Å²) in [6.07, 6.45) is 4.61. The van der Waals surface area contributed by atoms with Gasteiger partial charge in [-0.1, -0.05) is 0 Å². The van der Waals surface area contributed by atoms with Gasteiger partial charge in [0, 0.05) is 12.6 Å². The van der Waals surface area contributed by atoms with Crippen molar-refractivity contribution < 1.29 is 0 Å². The van der Waals surface area contributed by atoms with Gasteiger partial charge in [0.15, 0.2) is 0 Å². The maximum absolute atomic E-state index is 5.50. The average molecular weight is 162 g/mol. The van der Waals surface area contributed by atoms with Crippen LogP contribution in [0.25, 0.3) is 0 Å². The molecular weight excluding hydrogens is 144 g/mol. The molecule has 0 rings (SSSR count). The SMILES string of the molecule is CNC(CN)CCCSC. The van der Waals surface area contributed by atoms with Crippen LogP contribution < -0.4 is 11.1 Å². The normalized spacial score (nSPS) is 13.5. The van der Waals surface area contributed by atoms with E-state index in [1.165, 1.54) is 18.6 Å². The highest BCUT2D eigenvalue weighted by molar-refractivity contribution is 7.98. The largest absolute Gasteiger partial charge is 0.329 e. The maximum atomic E-state index is 5.50. The van der Waals surface area contributed by atoms with Crippen LogP contribution in [0.4, 0.5) is 0 Å². The first kappa shape index (κ1) is 10.3. The minimum atomic E-state index is 0.521. The number of likely N-dealkylation sites (N-methyl/N-ethyl adjacent to an activating group) is 1. The van der Waals surface area contributed by atoms with Gasteiger partial charge in [0.1, 0.15) is 0 Å². The van der Waals surface area contributed by atoms with E-state index >= 15 is 0 Å². The summed E-state index contributed by atoms with van der Waals surface area (Å²) >= 11 is 1.90. The van der Waals surface area contributed by atoms with Crippen LogP contribution >= 0.6 is 11.8 Å². The Bertz CT molecular complexity index is 64.6. The van der Waals surface area contributed by atoms with E-state index in [9.17, 15) is 0 Å². The Morgan fingerprint density at radius 2 is 2.30 bits per heavy atom. The van der Waals surface area contributed by atoms with Crippen molar-refractivity contribution in [1.82, 2.24) is 5.32 Å². The summed E-state index contributed by atoms with van der Waals surface area (Å²) in [6, 6.07) is 0.521. The summed E-state index contributed by atoms with van der Waals surface area (Å²) in [4.78, 5) is 0. The van der Waals surface area contributed by atoms with Crippen molar-refractivity contribution in [2.45, 2.75) is 18.9 Å². The molecule has 2 nitrogen and oxygen atoms in total. The molecule has 0 amide bonds. The molecule has 0 saturated carbocycles. The van der Waals surface area contributed by atoms with Crippen molar-refractivity contribution in [3.05, 3.63) is 0 Å². The summed E-state index contributed by atoms with van der Waals surface area (Å²) < 4.78 is 0. The van der Waals surface area contributed by atoms with Crippen molar-refractivity contribution in [2.24, 2.45) is 5.73 Å². The van der Waals surface area contributed by atoms with Crippen molar-refractivity contribution in [3.63, 3.8) is 0 Å². The van der Waals surface area contributed by atoms with Crippen LogP contribution in [-0.2, 0) is 0 Å². The third-order valence-electron chi connectivity index (χ3n) is 1.59. The summed E-state index contributed by atoms with van der Waals surface area (Å²) in [5, 5.41) is 3.18. The molecule has 0 bridgehead atoms. The van der Waals surface area contributed by atoms with E-state index in [4.69, 9.17) is 5.73 Å². The van der Waals surface area contributed by atoms with Gasteiger partial charge in [-0.05, 0) is 31.9 Å². The van der Waals surface area contributed by atoms with Crippen molar-refractivity contribution in [1.29, 1.82) is 0 Å². The predicted octanol–water partition coefficient (Wildman–Crippen LogP) is 0.676. The van der Waals surface area contributed by atoms with E-state index in [0.717, 1.165) is 6.54 Å². The van der Waals surface area contributed by atoms with Gasteiger partial charge in [-0.15, -0.1) is 0 Å². The highest BCUT2D eigenvalue weighted by Gasteiger charge is 2.00. The topological polar surface area (TPSA) is 38.0 Å². The first-order chi connectivity index (χ1) is 4.85. The van der Waals surface area contributed by atoms with Gasteiger partial charge < -0.3 is 11.1 Å². The zero-order valence-corrected chi connectivity index (χ0v) is 7.71. The standard InChI is InChI=1S/C7H18N2S/c1-9-7(6-8)4-3-5-10-2/h7,9H,3-6,8H2,1-2H3. The lowest BCUT2D eigenvalue weighted by Gasteiger charge is -2.11. The second-order valence-corrected chi connectivity index (χ2v) is 3.34. The summed E-state index contributed by atoms with van der Waals surface area (Å²) in [7, 11) is 1.97. The van der Waals surface area contributed by atoms with E-state index in [0.29, 0.717) is 6.04 Å². The highest BCUT2D eigenvalue weighted by Crippen LogP contribution is 2.01. The fourth-order valence-corrected chi connectivity index (χ4v) is 1.31. The molecule has 0 fully saturated rings. The number of hydrogen-bond donors (Lipinski definition) is 2. The van der Waals surface area contributed by atoms with Crippen molar-refractivity contribution >= 4 is 11.8 Å². The van der Waals surface area contributed by atoms with Gasteiger partial charge in [-0.2, -0.15) is 11.8 Å². The predicted molar refractivity (Wildman–Crippen MR) is 49.5 cm³/mol. The van der Waals surface area contributed by atoms with Crippen molar-refractivity contribution in [2.75, 3.05) is 25.6 Å². The molecule has 0 aromatic heterocycles. The van der Waals surface area contributed by atoms with E-state index in [2.05, 4.69) is 11.6 Å². The molecule has 0 aliphatic carbocycles. The Morgan fingerprint density at radius 3 is 2.70 bits per heavy atom. The molecule has 0 aliphatic rings. The number of nitrogens with two attached hydrogens (primary N) is 1. The summed E-state index contributed by atoms with van der Waals surface area (Å²) in [5.74, 6) is 1.25. The quantitative estimate of drug-likeness (QED) is 0.564. The van der Waals surface area contributed by atoms with Gasteiger partial charge in [0.05, 0.1) is 0 Å². The molecule has 0 aromatic carbocycles. The molecule has 3 heteroatoms. The third kappa shape index (κ3) is 5.09. The molecule has 0 saturated heterocycles. The average Bonchev–Trinajstić information content (AvgIpc) is 1.99. The molecule has 3 N–H and O–H groups in total. The minimum Gasteiger partial charge on any atom is -0.329 e. The Morgan fingerprint density at radius 1 is 1.60 bits per heavy atom. The second-order valence-electron chi connectivity index (χ2n) is 2.36. The molecule has 0 aromatic rings. The first-order valence-electron chi connectivity index (χ1n) is 3.71. The number of hydrogen-bond acceptors (Lipinski definition) is 3. The number of thioether (sulfide) groups is 1. The molecule has 1 unspecified atom stereocenters. The zero-order valence-electron chi connectivity index (χ0n) is 6.89. The van der Waals surface area contributed by atoms with E-state index < -0.39 is 0 Å². The molecule has 0 spiro atoms. The lowest BCUT2D eigenvalue weighted by Crippen LogP contribution is -2.33. The molecule has 1 atom stereocenters. The number of rotatable bonds is 6. The molecule has 0 aliphatic heterocycles. The monoisotopic (exact) mass is 162 g/mol. The van der Waals surface area contributed by atoms with E-state index in [-0.39, 0.29) is 0 Å². The van der Waals surface area contributed by atoms with Gasteiger partial charge in [-0.3, -0.25) is 0 Å². The highest BCUT2D eigenvalue weighted by atomic mass is 32.2. The molecule has 10 heavy (non-hydrogen) atoms. The Kier molecular flexibility index (Phi) is 7.58. The van der Waals surface area contributed by atoms with Crippen LogP contribution in [0.1, 0.15) is 12.8 Å².